The van der Waals surface area contributed by atoms with Gasteiger partial charge < -0.3 is 9.32 Å². The third-order valence-corrected chi connectivity index (χ3v) is 3.74. The Bertz CT molecular complexity index is 963. The van der Waals surface area contributed by atoms with Gasteiger partial charge in [-0.3, -0.25) is 4.79 Å². The number of benzene rings is 2. The van der Waals surface area contributed by atoms with Crippen LogP contribution in [0.3, 0.4) is 0 Å². The van der Waals surface area contributed by atoms with Crippen molar-refractivity contribution in [2.45, 2.75) is 13.1 Å². The maximum atomic E-state index is 13.0. The summed E-state index contributed by atoms with van der Waals surface area (Å²) in [5.74, 6) is -1.93. The lowest BCUT2D eigenvalue weighted by atomic mass is 10.2. The predicted molar refractivity (Wildman–Crippen MR) is 89.0 cm³/mol. The Kier molecular flexibility index (Phi) is 4.92. The highest BCUT2D eigenvalue weighted by atomic mass is 19.1. The van der Waals surface area contributed by atoms with E-state index < -0.39 is 11.6 Å². The zero-order chi connectivity index (χ0) is 18.7. The van der Waals surface area contributed by atoms with E-state index in [0.717, 1.165) is 10.2 Å². The summed E-state index contributed by atoms with van der Waals surface area (Å²) in [7, 11) is 1.57. The Labute approximate surface area is 147 Å². The number of nitrogens with zero attached hydrogens (tertiary/aromatic N) is 3. The van der Waals surface area contributed by atoms with Crippen molar-refractivity contribution in [3.63, 3.8) is 0 Å². The lowest BCUT2D eigenvalue weighted by Crippen LogP contribution is -2.33. The minimum absolute atomic E-state index is 0.00369. The number of hydrogen-bond acceptors (Lipinski definition) is 4. The van der Waals surface area contributed by atoms with Gasteiger partial charge in [-0.05, 0) is 42.0 Å². The van der Waals surface area contributed by atoms with Gasteiger partial charge in [0.05, 0.1) is 0 Å². The summed E-state index contributed by atoms with van der Waals surface area (Å²) in [5.41, 5.74) is 1.18. The molecule has 0 aliphatic carbocycles. The summed E-state index contributed by atoms with van der Waals surface area (Å²) in [6, 6.07) is 11.1. The molecule has 0 aliphatic heterocycles. The van der Waals surface area contributed by atoms with Gasteiger partial charge in [0.1, 0.15) is 18.2 Å². The molecule has 0 N–H and O–H groups in total. The molecule has 1 aromatic heterocycles. The van der Waals surface area contributed by atoms with Gasteiger partial charge in [-0.1, -0.05) is 12.1 Å². The SMILES string of the molecule is CN(Cc1ccc(F)cc1)C(=O)Cn1nc(-c2ccc(F)cc2)oc1=O. The minimum Gasteiger partial charge on any atom is -0.388 e. The molecule has 0 unspecified atom stereocenters. The average molecular weight is 359 g/mol. The number of aromatic nitrogens is 2. The van der Waals surface area contributed by atoms with E-state index in [9.17, 15) is 18.4 Å². The summed E-state index contributed by atoms with van der Waals surface area (Å²) < 4.78 is 31.8. The topological polar surface area (TPSA) is 68.3 Å². The summed E-state index contributed by atoms with van der Waals surface area (Å²) in [6.07, 6.45) is 0. The second kappa shape index (κ2) is 7.30. The first kappa shape index (κ1) is 17.5. The largest absolute Gasteiger partial charge is 0.437 e. The van der Waals surface area contributed by atoms with Crippen LogP contribution in [0.25, 0.3) is 11.5 Å². The Morgan fingerprint density at radius 1 is 1.08 bits per heavy atom. The first-order chi connectivity index (χ1) is 12.4. The van der Waals surface area contributed by atoms with Crippen LogP contribution in [0.1, 0.15) is 5.56 Å². The molecular formula is C18H15F2N3O3. The van der Waals surface area contributed by atoms with Crippen LogP contribution >= 0.6 is 0 Å². The normalized spacial score (nSPS) is 10.7. The lowest BCUT2D eigenvalue weighted by Gasteiger charge is -2.16. The van der Waals surface area contributed by atoms with E-state index in [-0.39, 0.29) is 30.7 Å². The highest BCUT2D eigenvalue weighted by Crippen LogP contribution is 2.15. The van der Waals surface area contributed by atoms with Gasteiger partial charge in [0.25, 0.3) is 0 Å². The van der Waals surface area contributed by atoms with Crippen LogP contribution in [-0.4, -0.2) is 27.6 Å². The molecule has 1 heterocycles. The minimum atomic E-state index is -0.784. The number of carbonyl (C=O) groups is 1. The Morgan fingerprint density at radius 3 is 2.27 bits per heavy atom. The fourth-order valence-electron chi connectivity index (χ4n) is 2.32. The molecule has 8 heteroatoms. The molecule has 0 spiro atoms. The standard InChI is InChI=1S/C18H15F2N3O3/c1-22(10-12-2-6-14(19)7-3-12)16(24)11-23-18(25)26-17(21-23)13-4-8-15(20)9-5-13/h2-9H,10-11H2,1H3. The zero-order valence-electron chi connectivity index (χ0n) is 13.9. The number of halogens is 2. The van der Waals surface area contributed by atoms with Crippen LogP contribution < -0.4 is 5.76 Å². The second-order valence-electron chi connectivity index (χ2n) is 5.71. The second-order valence-corrected chi connectivity index (χ2v) is 5.71. The Hall–Kier alpha value is -3.29. The lowest BCUT2D eigenvalue weighted by molar-refractivity contribution is -0.131. The number of amides is 1. The van der Waals surface area contributed by atoms with E-state index in [1.165, 1.54) is 41.3 Å². The zero-order valence-corrected chi connectivity index (χ0v) is 13.9. The van der Waals surface area contributed by atoms with E-state index in [0.29, 0.717) is 5.56 Å². The van der Waals surface area contributed by atoms with Gasteiger partial charge >= 0.3 is 5.76 Å². The molecule has 0 radical (unpaired) electrons. The van der Waals surface area contributed by atoms with Crippen molar-refractivity contribution in [2.75, 3.05) is 7.05 Å². The van der Waals surface area contributed by atoms with Crippen LogP contribution in [0.2, 0.25) is 0 Å². The maximum Gasteiger partial charge on any atom is 0.437 e. The van der Waals surface area contributed by atoms with Crippen LogP contribution in [0.5, 0.6) is 0 Å². The first-order valence-corrected chi connectivity index (χ1v) is 7.74. The predicted octanol–water partition coefficient (Wildman–Crippen LogP) is 2.44. The molecule has 0 bridgehead atoms. The van der Waals surface area contributed by atoms with Crippen molar-refractivity contribution >= 4 is 5.91 Å². The van der Waals surface area contributed by atoms with Crippen molar-refractivity contribution in [3.8, 4) is 11.5 Å². The van der Waals surface area contributed by atoms with E-state index in [1.54, 1.807) is 19.2 Å². The van der Waals surface area contributed by atoms with Crippen molar-refractivity contribution in [3.05, 3.63) is 76.3 Å². The fourth-order valence-corrected chi connectivity index (χ4v) is 2.32. The van der Waals surface area contributed by atoms with Crippen molar-refractivity contribution < 1.29 is 18.0 Å². The highest BCUT2D eigenvalue weighted by Gasteiger charge is 2.16. The van der Waals surface area contributed by atoms with E-state index in [1.807, 2.05) is 0 Å². The van der Waals surface area contributed by atoms with E-state index >= 15 is 0 Å². The average Bonchev–Trinajstić information content (AvgIpc) is 2.98. The molecule has 0 saturated heterocycles. The third kappa shape index (κ3) is 4.02. The van der Waals surface area contributed by atoms with Gasteiger partial charge in [0.2, 0.25) is 11.8 Å². The third-order valence-electron chi connectivity index (χ3n) is 3.74. The summed E-state index contributed by atoms with van der Waals surface area (Å²) in [5, 5.41) is 3.97. The van der Waals surface area contributed by atoms with Crippen molar-refractivity contribution in [2.24, 2.45) is 0 Å². The quantitative estimate of drug-likeness (QED) is 0.702. The molecule has 3 aromatic rings. The molecule has 6 nitrogen and oxygen atoms in total. The van der Waals surface area contributed by atoms with Gasteiger partial charge in [-0.2, -0.15) is 4.68 Å². The Balaban J connectivity index is 1.70. The molecule has 2 aromatic carbocycles. The number of carbonyl (C=O) groups excluding carboxylic acids is 1. The molecule has 0 aliphatic rings. The van der Waals surface area contributed by atoms with Gasteiger partial charge in [-0.25, -0.2) is 13.6 Å². The van der Waals surface area contributed by atoms with E-state index in [2.05, 4.69) is 5.10 Å². The maximum absolute atomic E-state index is 13.0. The van der Waals surface area contributed by atoms with E-state index in [4.69, 9.17) is 4.42 Å². The van der Waals surface area contributed by atoms with Crippen LogP contribution in [0.15, 0.2) is 57.7 Å². The molecule has 134 valence electrons. The monoisotopic (exact) mass is 359 g/mol. The number of hydrogen-bond donors (Lipinski definition) is 0. The van der Waals surface area contributed by atoms with Gasteiger partial charge in [0, 0.05) is 19.2 Å². The Morgan fingerprint density at radius 2 is 1.65 bits per heavy atom. The molecular weight excluding hydrogens is 344 g/mol. The summed E-state index contributed by atoms with van der Waals surface area (Å²) in [6.45, 7) is -0.0439. The molecule has 3 rings (SSSR count). The fraction of sp³-hybridized carbons (Fsp3) is 0.167. The van der Waals surface area contributed by atoms with Gasteiger partial charge in [-0.15, -0.1) is 5.10 Å². The van der Waals surface area contributed by atoms with Crippen molar-refractivity contribution in [1.82, 2.24) is 14.7 Å². The van der Waals surface area contributed by atoms with Crippen molar-refractivity contribution in [1.29, 1.82) is 0 Å². The molecule has 1 amide bonds. The summed E-state index contributed by atoms with van der Waals surface area (Å²) >= 11 is 0. The molecule has 0 atom stereocenters. The number of rotatable bonds is 5. The first-order valence-electron chi connectivity index (χ1n) is 7.74. The molecule has 26 heavy (non-hydrogen) atoms. The molecule has 0 fully saturated rings. The molecule has 0 saturated carbocycles. The highest BCUT2D eigenvalue weighted by molar-refractivity contribution is 5.75. The smallest absolute Gasteiger partial charge is 0.388 e. The number of likely N-dealkylation sites (N-methyl/N-ethyl adjacent to an activating group) is 1. The van der Waals surface area contributed by atoms with Crippen LogP contribution in [0.4, 0.5) is 8.78 Å². The van der Waals surface area contributed by atoms with Crippen LogP contribution in [0, 0.1) is 11.6 Å². The summed E-state index contributed by atoms with van der Waals surface area (Å²) in [4.78, 5) is 25.6. The van der Waals surface area contributed by atoms with Crippen LogP contribution in [-0.2, 0) is 17.9 Å². The van der Waals surface area contributed by atoms with Gasteiger partial charge in [0.15, 0.2) is 0 Å².